The lowest BCUT2D eigenvalue weighted by atomic mass is 9.97. The highest BCUT2D eigenvalue weighted by Crippen LogP contribution is 2.35. The van der Waals surface area contributed by atoms with Crippen molar-refractivity contribution >= 4 is 21.6 Å². The molecular weight excluding hydrogens is 374 g/mol. The van der Waals surface area contributed by atoms with E-state index in [-0.39, 0.29) is 15.8 Å². The van der Waals surface area contributed by atoms with Crippen LogP contribution in [-0.2, 0) is 10.0 Å². The van der Waals surface area contributed by atoms with Gasteiger partial charge in [-0.2, -0.15) is 0 Å². The van der Waals surface area contributed by atoms with Crippen LogP contribution in [0.5, 0.6) is 11.5 Å². The molecule has 1 aliphatic heterocycles. The fraction of sp³-hybridized carbons (Fsp3) is 0.368. The molecule has 2 aromatic rings. The largest absolute Gasteiger partial charge is 0.490 e. The summed E-state index contributed by atoms with van der Waals surface area (Å²) in [5, 5.41) is 0.196. The first-order valence-electron chi connectivity index (χ1n) is 8.55. The third-order valence-corrected chi connectivity index (χ3v) is 6.15. The number of benzene rings is 2. The minimum absolute atomic E-state index is 0.0250. The van der Waals surface area contributed by atoms with Gasteiger partial charge < -0.3 is 9.47 Å². The number of nitrogens with one attached hydrogen (secondary N) is 1. The van der Waals surface area contributed by atoms with E-state index in [1.54, 1.807) is 18.2 Å². The molecule has 0 saturated heterocycles. The van der Waals surface area contributed by atoms with Crippen LogP contribution in [0.15, 0.2) is 47.4 Å². The average Bonchev–Trinajstić information content (AvgIpc) is 2.84. The lowest BCUT2D eigenvalue weighted by Crippen LogP contribution is -2.32. The Kier molecular flexibility index (Phi) is 5.75. The van der Waals surface area contributed by atoms with E-state index in [2.05, 4.69) is 4.72 Å². The maximum absolute atomic E-state index is 12.8. The normalized spacial score (nSPS) is 15.5. The Morgan fingerprint density at radius 2 is 1.73 bits per heavy atom. The molecule has 0 saturated carbocycles. The van der Waals surface area contributed by atoms with E-state index in [0.717, 1.165) is 12.0 Å². The summed E-state index contributed by atoms with van der Waals surface area (Å²) in [7, 11) is -3.77. The first-order valence-corrected chi connectivity index (χ1v) is 10.4. The summed E-state index contributed by atoms with van der Waals surface area (Å²) in [6, 6.07) is 11.5. The Balaban J connectivity index is 1.93. The fourth-order valence-electron chi connectivity index (χ4n) is 2.86. The number of ether oxygens (including phenoxy) is 2. The zero-order chi connectivity index (χ0) is 18.7. The summed E-state index contributed by atoms with van der Waals surface area (Å²) in [6.07, 6.45) is 0.816. The molecule has 1 atom stereocenters. The van der Waals surface area contributed by atoms with Crippen LogP contribution in [0.3, 0.4) is 0 Å². The summed E-state index contributed by atoms with van der Waals surface area (Å²) < 4.78 is 39.8. The topological polar surface area (TPSA) is 64.6 Å². The summed E-state index contributed by atoms with van der Waals surface area (Å²) in [5.41, 5.74) is 0.819. The molecular formula is C19H22ClNO4S. The molecule has 0 fully saturated rings. The van der Waals surface area contributed by atoms with Crippen molar-refractivity contribution in [2.24, 2.45) is 5.92 Å². The molecule has 0 spiro atoms. The predicted octanol–water partition coefficient (Wildman–Crippen LogP) is 4.18. The fourth-order valence-corrected chi connectivity index (χ4v) is 4.75. The lowest BCUT2D eigenvalue weighted by Gasteiger charge is -2.24. The highest BCUT2D eigenvalue weighted by atomic mass is 35.5. The van der Waals surface area contributed by atoms with Crippen LogP contribution >= 0.6 is 11.6 Å². The van der Waals surface area contributed by atoms with E-state index in [1.165, 1.54) is 6.07 Å². The molecule has 5 nitrogen and oxygen atoms in total. The second-order valence-corrected chi connectivity index (χ2v) is 8.62. The zero-order valence-corrected chi connectivity index (χ0v) is 16.3. The van der Waals surface area contributed by atoms with Gasteiger partial charge in [-0.25, -0.2) is 13.1 Å². The summed E-state index contributed by atoms with van der Waals surface area (Å²) in [5.74, 6) is 1.35. The number of hydrogen-bond acceptors (Lipinski definition) is 4. The van der Waals surface area contributed by atoms with Crippen molar-refractivity contribution in [1.29, 1.82) is 0 Å². The van der Waals surface area contributed by atoms with Crippen LogP contribution in [0, 0.1) is 5.92 Å². The van der Waals surface area contributed by atoms with Gasteiger partial charge >= 0.3 is 0 Å². The molecule has 26 heavy (non-hydrogen) atoms. The van der Waals surface area contributed by atoms with Crippen LogP contribution in [0.1, 0.15) is 31.9 Å². The van der Waals surface area contributed by atoms with Crippen molar-refractivity contribution < 1.29 is 17.9 Å². The van der Waals surface area contributed by atoms with Gasteiger partial charge in [0.25, 0.3) is 0 Å². The smallest absolute Gasteiger partial charge is 0.242 e. The zero-order valence-electron chi connectivity index (χ0n) is 14.7. The molecule has 0 aliphatic carbocycles. The lowest BCUT2D eigenvalue weighted by molar-refractivity contribution is 0.297. The standard InChI is InChI=1S/C19H22ClNO4S/c1-13(2)19(21-26(22,23)18-7-4-3-6-15(18)20)14-8-9-16-17(12-14)25-11-5-10-24-16/h3-4,6-9,12-13,19,21H,5,10-11H2,1-2H3/t19-/m0/s1. The third-order valence-electron chi connectivity index (χ3n) is 4.21. The van der Waals surface area contributed by atoms with Crippen molar-refractivity contribution in [2.45, 2.75) is 31.2 Å². The van der Waals surface area contributed by atoms with Crippen molar-refractivity contribution in [3.8, 4) is 11.5 Å². The molecule has 1 heterocycles. The van der Waals surface area contributed by atoms with Gasteiger partial charge in [0.1, 0.15) is 4.90 Å². The van der Waals surface area contributed by atoms with Crippen molar-refractivity contribution in [1.82, 2.24) is 4.72 Å². The Bertz CT molecular complexity index is 883. The Morgan fingerprint density at radius 1 is 1.04 bits per heavy atom. The quantitative estimate of drug-likeness (QED) is 0.824. The summed E-state index contributed by atoms with van der Waals surface area (Å²) >= 11 is 6.08. The molecule has 2 aromatic carbocycles. The minimum Gasteiger partial charge on any atom is -0.490 e. The SMILES string of the molecule is CC(C)[C@H](NS(=O)(=O)c1ccccc1Cl)c1ccc2c(c1)OCCCO2. The molecule has 0 aromatic heterocycles. The van der Waals surface area contributed by atoms with Gasteiger partial charge in [-0.1, -0.05) is 43.6 Å². The van der Waals surface area contributed by atoms with E-state index in [9.17, 15) is 8.42 Å². The highest BCUT2D eigenvalue weighted by Gasteiger charge is 2.26. The number of halogens is 1. The van der Waals surface area contributed by atoms with Crippen molar-refractivity contribution in [3.63, 3.8) is 0 Å². The Morgan fingerprint density at radius 3 is 2.42 bits per heavy atom. The van der Waals surface area contributed by atoms with Gasteiger partial charge in [0.05, 0.1) is 18.2 Å². The molecule has 0 unspecified atom stereocenters. The number of sulfonamides is 1. The minimum atomic E-state index is -3.77. The number of fused-ring (bicyclic) bond motifs is 1. The van der Waals surface area contributed by atoms with Crippen molar-refractivity contribution in [2.75, 3.05) is 13.2 Å². The van der Waals surface area contributed by atoms with Gasteiger partial charge in [0.2, 0.25) is 10.0 Å². The molecule has 140 valence electrons. The van der Waals surface area contributed by atoms with Crippen LogP contribution < -0.4 is 14.2 Å². The van der Waals surface area contributed by atoms with E-state index in [1.807, 2.05) is 32.0 Å². The molecule has 1 aliphatic rings. The number of rotatable bonds is 5. The maximum Gasteiger partial charge on any atom is 0.242 e. The van der Waals surface area contributed by atoms with Gasteiger partial charge in [0.15, 0.2) is 11.5 Å². The monoisotopic (exact) mass is 395 g/mol. The predicted molar refractivity (Wildman–Crippen MR) is 101 cm³/mol. The Hall–Kier alpha value is -1.76. The molecule has 3 rings (SSSR count). The molecule has 1 N–H and O–H groups in total. The van der Waals surface area contributed by atoms with Gasteiger partial charge in [-0.3, -0.25) is 0 Å². The second kappa shape index (κ2) is 7.86. The van der Waals surface area contributed by atoms with Gasteiger partial charge in [0, 0.05) is 12.5 Å². The van der Waals surface area contributed by atoms with Crippen LogP contribution in [0.2, 0.25) is 5.02 Å². The van der Waals surface area contributed by atoms with Gasteiger partial charge in [-0.15, -0.1) is 0 Å². The van der Waals surface area contributed by atoms with Gasteiger partial charge in [-0.05, 0) is 35.7 Å². The number of hydrogen-bond donors (Lipinski definition) is 1. The highest BCUT2D eigenvalue weighted by molar-refractivity contribution is 7.89. The summed E-state index contributed by atoms with van der Waals surface area (Å²) in [6.45, 7) is 5.11. The van der Waals surface area contributed by atoms with E-state index in [4.69, 9.17) is 21.1 Å². The van der Waals surface area contributed by atoms with Crippen LogP contribution in [0.4, 0.5) is 0 Å². The van der Waals surface area contributed by atoms with Crippen LogP contribution in [0.25, 0.3) is 0 Å². The summed E-state index contributed by atoms with van der Waals surface area (Å²) in [4.78, 5) is 0.0710. The van der Waals surface area contributed by atoms with Crippen LogP contribution in [-0.4, -0.2) is 21.6 Å². The van der Waals surface area contributed by atoms with E-state index < -0.39 is 16.1 Å². The molecule has 7 heteroatoms. The first-order chi connectivity index (χ1) is 12.4. The maximum atomic E-state index is 12.8. The first kappa shape index (κ1) is 19.0. The Labute approximate surface area is 159 Å². The molecule has 0 amide bonds. The third kappa shape index (κ3) is 4.14. The molecule has 0 radical (unpaired) electrons. The van der Waals surface area contributed by atoms with Crippen molar-refractivity contribution in [3.05, 3.63) is 53.1 Å². The average molecular weight is 396 g/mol. The second-order valence-electron chi connectivity index (χ2n) is 6.53. The van der Waals surface area contributed by atoms with E-state index in [0.29, 0.717) is 24.7 Å². The van der Waals surface area contributed by atoms with E-state index >= 15 is 0 Å². The molecule has 0 bridgehead atoms.